The van der Waals surface area contributed by atoms with E-state index in [0.717, 1.165) is 10.7 Å². The Morgan fingerprint density at radius 3 is 3.22 bits per heavy atom. The smallest absolute Gasteiger partial charge is 0.306 e. The van der Waals surface area contributed by atoms with Gasteiger partial charge in [-0.15, -0.1) is 11.8 Å². The summed E-state index contributed by atoms with van der Waals surface area (Å²) in [5, 5.41) is 0.722. The van der Waals surface area contributed by atoms with Gasteiger partial charge >= 0.3 is 5.97 Å². The number of aromatic nitrogens is 3. The van der Waals surface area contributed by atoms with Crippen molar-refractivity contribution in [1.82, 2.24) is 14.4 Å². The molecule has 0 fully saturated rings. The van der Waals surface area contributed by atoms with E-state index >= 15 is 0 Å². The van der Waals surface area contributed by atoms with E-state index in [4.69, 9.17) is 5.84 Å². The predicted octanol–water partition coefficient (Wildman–Crippen LogP) is 0.670. The number of hydrogen-bond donors (Lipinski definition) is 2. The van der Waals surface area contributed by atoms with E-state index < -0.39 is 0 Å². The van der Waals surface area contributed by atoms with Gasteiger partial charge in [0.2, 0.25) is 0 Å². The van der Waals surface area contributed by atoms with E-state index in [1.54, 1.807) is 12.4 Å². The first-order valence-electron chi connectivity index (χ1n) is 5.24. The number of nitrogen functional groups attached to an aromatic ring is 1. The lowest BCUT2D eigenvalue weighted by Crippen LogP contribution is -2.10. The van der Waals surface area contributed by atoms with Crippen LogP contribution in [0.1, 0.15) is 6.42 Å². The molecule has 0 amide bonds. The summed E-state index contributed by atoms with van der Waals surface area (Å²) < 4.78 is 6.40. The minimum Gasteiger partial charge on any atom is -0.469 e. The first-order valence-corrected chi connectivity index (χ1v) is 6.23. The Bertz CT molecular complexity index is 556. The number of carbonyl (C=O) groups is 1. The van der Waals surface area contributed by atoms with Gasteiger partial charge in [0.1, 0.15) is 5.03 Å². The van der Waals surface area contributed by atoms with Crippen LogP contribution in [0.25, 0.3) is 5.65 Å². The zero-order chi connectivity index (χ0) is 13.0. The van der Waals surface area contributed by atoms with Gasteiger partial charge in [-0.25, -0.2) is 15.8 Å². The Labute approximate surface area is 108 Å². The Balaban J connectivity index is 2.15. The van der Waals surface area contributed by atoms with Gasteiger partial charge in [-0.2, -0.15) is 0 Å². The molecule has 2 heterocycles. The van der Waals surface area contributed by atoms with Crippen LogP contribution in [0.3, 0.4) is 0 Å². The number of rotatable bonds is 5. The Morgan fingerprint density at radius 2 is 2.50 bits per heavy atom. The molecule has 8 heteroatoms. The molecule has 0 atom stereocenters. The van der Waals surface area contributed by atoms with E-state index in [-0.39, 0.29) is 5.97 Å². The predicted molar refractivity (Wildman–Crippen MR) is 68.2 cm³/mol. The highest BCUT2D eigenvalue weighted by atomic mass is 32.2. The first kappa shape index (κ1) is 12.7. The number of nitrogens with one attached hydrogen (secondary N) is 1. The highest BCUT2D eigenvalue weighted by Gasteiger charge is 2.09. The molecular weight excluding hydrogens is 254 g/mol. The van der Waals surface area contributed by atoms with Gasteiger partial charge in [-0.1, -0.05) is 0 Å². The number of thioether (sulfide) groups is 1. The summed E-state index contributed by atoms with van der Waals surface area (Å²) in [6.45, 7) is 0. The lowest BCUT2D eigenvalue weighted by molar-refractivity contribution is -0.140. The number of fused-ring (bicyclic) bond motifs is 1. The molecular formula is C10H13N5O2S. The van der Waals surface area contributed by atoms with Gasteiger partial charge in [-0.3, -0.25) is 4.79 Å². The van der Waals surface area contributed by atoms with Crippen molar-refractivity contribution in [3.63, 3.8) is 0 Å². The molecule has 96 valence electrons. The molecule has 0 aliphatic rings. The molecule has 0 radical (unpaired) electrons. The molecule has 0 saturated heterocycles. The minimum atomic E-state index is -0.241. The van der Waals surface area contributed by atoms with E-state index in [0.29, 0.717) is 18.0 Å². The molecule has 2 aromatic heterocycles. The maximum Gasteiger partial charge on any atom is 0.306 e. The number of anilines is 1. The SMILES string of the molecule is COC(=O)CCSc1nc(NN)cn2ccnc12. The molecule has 0 aromatic carbocycles. The van der Waals surface area contributed by atoms with E-state index in [1.807, 2.05) is 10.6 Å². The molecule has 2 rings (SSSR count). The number of methoxy groups -OCH3 is 1. The largest absolute Gasteiger partial charge is 0.469 e. The molecule has 7 nitrogen and oxygen atoms in total. The van der Waals surface area contributed by atoms with Crippen LogP contribution < -0.4 is 11.3 Å². The number of hydrazine groups is 1. The Hall–Kier alpha value is -1.80. The molecule has 2 aromatic rings. The quantitative estimate of drug-likeness (QED) is 0.356. The number of ether oxygens (including phenoxy) is 1. The topological polar surface area (TPSA) is 94.5 Å². The highest BCUT2D eigenvalue weighted by molar-refractivity contribution is 7.99. The number of imidazole rings is 1. The van der Waals surface area contributed by atoms with Gasteiger partial charge in [-0.05, 0) is 0 Å². The Kier molecular flexibility index (Phi) is 4.00. The summed E-state index contributed by atoms with van der Waals surface area (Å²) in [5.74, 6) is 6.23. The summed E-state index contributed by atoms with van der Waals surface area (Å²) in [6, 6.07) is 0. The van der Waals surface area contributed by atoms with Crippen molar-refractivity contribution in [2.24, 2.45) is 5.84 Å². The van der Waals surface area contributed by atoms with E-state index in [2.05, 4.69) is 20.1 Å². The van der Waals surface area contributed by atoms with Gasteiger partial charge in [0.25, 0.3) is 0 Å². The molecule has 0 unspecified atom stereocenters. The van der Waals surface area contributed by atoms with Crippen molar-refractivity contribution in [2.75, 3.05) is 18.3 Å². The number of carbonyl (C=O) groups excluding carboxylic acids is 1. The zero-order valence-corrected chi connectivity index (χ0v) is 10.6. The fourth-order valence-corrected chi connectivity index (χ4v) is 2.31. The minimum absolute atomic E-state index is 0.241. The van der Waals surface area contributed by atoms with E-state index in [9.17, 15) is 4.79 Å². The first-order chi connectivity index (χ1) is 8.74. The van der Waals surface area contributed by atoms with E-state index in [1.165, 1.54) is 18.9 Å². The van der Waals surface area contributed by atoms with Crippen LogP contribution in [-0.2, 0) is 9.53 Å². The van der Waals surface area contributed by atoms with Crippen molar-refractivity contribution in [3.05, 3.63) is 18.6 Å². The number of hydrogen-bond acceptors (Lipinski definition) is 7. The second-order valence-corrected chi connectivity index (χ2v) is 4.49. The fraction of sp³-hybridized carbons (Fsp3) is 0.300. The second-order valence-electron chi connectivity index (χ2n) is 3.41. The van der Waals surface area contributed by atoms with Gasteiger partial charge < -0.3 is 14.6 Å². The summed E-state index contributed by atoms with van der Waals surface area (Å²) in [5.41, 5.74) is 3.23. The van der Waals surface area contributed by atoms with Crippen LogP contribution >= 0.6 is 11.8 Å². The molecule has 18 heavy (non-hydrogen) atoms. The molecule has 0 aliphatic heterocycles. The lowest BCUT2D eigenvalue weighted by Gasteiger charge is -2.06. The molecule has 3 N–H and O–H groups in total. The lowest BCUT2D eigenvalue weighted by atomic mass is 10.5. The van der Waals surface area contributed by atoms with Crippen LogP contribution in [0.15, 0.2) is 23.6 Å². The summed E-state index contributed by atoms with van der Waals surface area (Å²) >= 11 is 1.44. The highest BCUT2D eigenvalue weighted by Crippen LogP contribution is 2.22. The standard InChI is InChI=1S/C10H13N5O2S/c1-17-8(16)2-5-18-10-9-12-3-4-15(9)6-7(13-10)14-11/h3-4,6,14H,2,5,11H2,1H3. The second kappa shape index (κ2) is 5.69. The Morgan fingerprint density at radius 1 is 1.67 bits per heavy atom. The van der Waals surface area contributed by atoms with Crippen LogP contribution in [-0.4, -0.2) is 33.2 Å². The molecule has 0 aliphatic carbocycles. The number of nitrogens with two attached hydrogens (primary N) is 1. The normalized spacial score (nSPS) is 10.6. The maximum atomic E-state index is 11.0. The monoisotopic (exact) mass is 267 g/mol. The molecule has 0 saturated carbocycles. The van der Waals surface area contributed by atoms with Crippen LogP contribution in [0.5, 0.6) is 0 Å². The summed E-state index contributed by atoms with van der Waals surface area (Å²) in [6.07, 6.45) is 5.56. The number of esters is 1. The van der Waals surface area contributed by atoms with Crippen LogP contribution in [0.2, 0.25) is 0 Å². The maximum absolute atomic E-state index is 11.0. The molecule has 0 spiro atoms. The third kappa shape index (κ3) is 2.71. The van der Waals surface area contributed by atoms with Crippen molar-refractivity contribution in [3.8, 4) is 0 Å². The average Bonchev–Trinajstić information content (AvgIpc) is 2.86. The third-order valence-corrected chi connectivity index (χ3v) is 3.22. The molecule has 0 bridgehead atoms. The fourth-order valence-electron chi connectivity index (χ4n) is 1.40. The average molecular weight is 267 g/mol. The number of nitrogens with zero attached hydrogens (tertiary/aromatic N) is 3. The van der Waals surface area contributed by atoms with Gasteiger partial charge in [0, 0.05) is 18.1 Å². The third-order valence-electron chi connectivity index (χ3n) is 2.26. The van der Waals surface area contributed by atoms with Crippen molar-refractivity contribution >= 4 is 29.2 Å². The van der Waals surface area contributed by atoms with Crippen LogP contribution in [0, 0.1) is 0 Å². The zero-order valence-electron chi connectivity index (χ0n) is 9.79. The van der Waals surface area contributed by atoms with Gasteiger partial charge in [0.05, 0.1) is 19.7 Å². The summed E-state index contributed by atoms with van der Waals surface area (Å²) in [7, 11) is 1.37. The van der Waals surface area contributed by atoms with Crippen molar-refractivity contribution in [2.45, 2.75) is 11.4 Å². The van der Waals surface area contributed by atoms with Crippen molar-refractivity contribution < 1.29 is 9.53 Å². The van der Waals surface area contributed by atoms with Crippen molar-refractivity contribution in [1.29, 1.82) is 0 Å². The van der Waals surface area contributed by atoms with Crippen LogP contribution in [0.4, 0.5) is 5.82 Å². The van der Waals surface area contributed by atoms with Gasteiger partial charge in [0.15, 0.2) is 11.5 Å². The summed E-state index contributed by atoms with van der Waals surface area (Å²) in [4.78, 5) is 19.5.